The Kier molecular flexibility index (Phi) is 5.85. The Morgan fingerprint density at radius 3 is 2.82 bits per heavy atom. The van der Waals surface area contributed by atoms with Crippen molar-refractivity contribution in [2.24, 2.45) is 5.10 Å². The van der Waals surface area contributed by atoms with Gasteiger partial charge in [0.1, 0.15) is 17.3 Å². The second-order valence-corrected chi connectivity index (χ2v) is 6.47. The van der Waals surface area contributed by atoms with Gasteiger partial charge >= 0.3 is 0 Å². The van der Waals surface area contributed by atoms with Crippen LogP contribution in [0.1, 0.15) is 16.1 Å². The summed E-state index contributed by atoms with van der Waals surface area (Å²) in [5, 5.41) is 15.1. The number of carbonyl (C=O) groups is 1. The first-order valence-electron chi connectivity index (χ1n) is 7.99. The van der Waals surface area contributed by atoms with Gasteiger partial charge in [0, 0.05) is 16.1 Å². The van der Waals surface area contributed by atoms with Crippen LogP contribution in [0.15, 0.2) is 68.6 Å². The highest BCUT2D eigenvalue weighted by molar-refractivity contribution is 9.10. The van der Waals surface area contributed by atoms with Gasteiger partial charge < -0.3 is 9.15 Å². The highest BCUT2D eigenvalue weighted by Gasteiger charge is 2.18. The van der Waals surface area contributed by atoms with E-state index in [1.807, 2.05) is 0 Å². The molecular formula is C19H14BrN3O5. The molecule has 1 aromatic heterocycles. The molecule has 0 saturated heterocycles. The minimum atomic E-state index is -0.481. The molecule has 0 spiro atoms. The Morgan fingerprint density at radius 1 is 1.25 bits per heavy atom. The van der Waals surface area contributed by atoms with Crippen LogP contribution in [-0.4, -0.2) is 24.2 Å². The number of rotatable bonds is 6. The number of ether oxygens (including phenoxy) is 1. The van der Waals surface area contributed by atoms with Crippen molar-refractivity contribution in [1.29, 1.82) is 0 Å². The van der Waals surface area contributed by atoms with Crippen molar-refractivity contribution in [1.82, 2.24) is 5.43 Å². The zero-order valence-corrected chi connectivity index (χ0v) is 16.2. The number of benzene rings is 2. The maximum atomic E-state index is 12.1. The van der Waals surface area contributed by atoms with Crippen LogP contribution in [0.25, 0.3) is 11.3 Å². The molecule has 9 heteroatoms. The molecule has 28 heavy (non-hydrogen) atoms. The standard InChI is InChI=1S/C19H14BrN3O5/c1-27-14-4-2-3-12(9-14)19(24)22-21-11-15-6-8-18(28-15)16-7-5-13(20)10-17(16)23(25)26/h2-11H,1H3,(H,22,24)/b21-11-. The van der Waals surface area contributed by atoms with E-state index in [1.165, 1.54) is 19.4 Å². The number of nitrogens with zero attached hydrogens (tertiary/aromatic N) is 2. The summed E-state index contributed by atoms with van der Waals surface area (Å²) in [5.41, 5.74) is 3.03. The van der Waals surface area contributed by atoms with Crippen molar-refractivity contribution in [3.05, 3.63) is 80.5 Å². The predicted molar refractivity (Wildman–Crippen MR) is 107 cm³/mol. The quantitative estimate of drug-likeness (QED) is 0.345. The molecule has 0 fully saturated rings. The van der Waals surface area contributed by atoms with E-state index in [4.69, 9.17) is 9.15 Å². The third-order valence-corrected chi connectivity index (χ3v) is 4.23. The lowest BCUT2D eigenvalue weighted by Gasteiger charge is -2.02. The van der Waals surface area contributed by atoms with E-state index in [9.17, 15) is 14.9 Å². The van der Waals surface area contributed by atoms with Crippen LogP contribution >= 0.6 is 15.9 Å². The zero-order valence-electron chi connectivity index (χ0n) is 14.6. The highest BCUT2D eigenvalue weighted by atomic mass is 79.9. The van der Waals surface area contributed by atoms with Crippen molar-refractivity contribution < 1.29 is 18.9 Å². The lowest BCUT2D eigenvalue weighted by atomic mass is 10.1. The molecule has 142 valence electrons. The smallest absolute Gasteiger partial charge is 0.281 e. The largest absolute Gasteiger partial charge is 0.497 e. The van der Waals surface area contributed by atoms with Crippen molar-refractivity contribution in [2.75, 3.05) is 7.11 Å². The van der Waals surface area contributed by atoms with Crippen molar-refractivity contribution in [3.63, 3.8) is 0 Å². The summed E-state index contributed by atoms with van der Waals surface area (Å²) in [6.07, 6.45) is 1.31. The number of hydrogen-bond donors (Lipinski definition) is 1. The van der Waals surface area contributed by atoms with E-state index >= 15 is 0 Å². The molecule has 1 N–H and O–H groups in total. The Labute approximate surface area is 168 Å². The van der Waals surface area contributed by atoms with Crippen molar-refractivity contribution in [2.45, 2.75) is 0 Å². The van der Waals surface area contributed by atoms with Gasteiger partial charge in [-0.2, -0.15) is 5.10 Å². The van der Waals surface area contributed by atoms with Crippen molar-refractivity contribution in [3.8, 4) is 17.1 Å². The van der Waals surface area contributed by atoms with Gasteiger partial charge in [-0.05, 0) is 42.5 Å². The predicted octanol–water partition coefficient (Wildman–Crippen LogP) is 4.39. The maximum absolute atomic E-state index is 12.1. The van der Waals surface area contributed by atoms with Crippen LogP contribution < -0.4 is 10.2 Å². The SMILES string of the molecule is COc1cccc(C(=O)N/N=C\c2ccc(-c3ccc(Br)cc3[N+](=O)[O-])o2)c1. The molecule has 0 unspecified atom stereocenters. The van der Waals surface area contributed by atoms with Gasteiger partial charge in [-0.1, -0.05) is 22.0 Å². The molecule has 0 aliphatic rings. The second kappa shape index (κ2) is 8.49. The van der Waals surface area contributed by atoms with E-state index in [2.05, 4.69) is 26.5 Å². The molecule has 2 aromatic carbocycles. The maximum Gasteiger partial charge on any atom is 0.281 e. The zero-order chi connectivity index (χ0) is 20.1. The van der Waals surface area contributed by atoms with Crippen LogP contribution in [-0.2, 0) is 0 Å². The third kappa shape index (κ3) is 4.44. The summed E-state index contributed by atoms with van der Waals surface area (Å²) in [5.74, 6) is 0.798. The third-order valence-electron chi connectivity index (χ3n) is 3.74. The first kappa shape index (κ1) is 19.3. The van der Waals surface area contributed by atoms with Gasteiger partial charge in [-0.3, -0.25) is 14.9 Å². The molecule has 8 nitrogen and oxygen atoms in total. The lowest BCUT2D eigenvalue weighted by molar-refractivity contribution is -0.384. The number of furan rings is 1. The number of methoxy groups -OCH3 is 1. The van der Waals surface area contributed by atoms with Gasteiger partial charge in [-0.15, -0.1) is 0 Å². The molecule has 0 atom stereocenters. The molecule has 0 bridgehead atoms. The Morgan fingerprint density at radius 2 is 2.07 bits per heavy atom. The fourth-order valence-electron chi connectivity index (χ4n) is 2.41. The van der Waals surface area contributed by atoms with Crippen LogP contribution in [0.5, 0.6) is 5.75 Å². The minimum absolute atomic E-state index is 0.0847. The molecular weight excluding hydrogens is 430 g/mol. The molecule has 0 radical (unpaired) electrons. The molecule has 3 rings (SSSR count). The number of hydrogen-bond acceptors (Lipinski definition) is 6. The van der Waals surface area contributed by atoms with E-state index in [0.29, 0.717) is 32.9 Å². The highest BCUT2D eigenvalue weighted by Crippen LogP contribution is 2.33. The number of nitro benzene ring substituents is 1. The van der Waals surface area contributed by atoms with Gasteiger partial charge in [-0.25, -0.2) is 5.43 Å². The summed E-state index contributed by atoms with van der Waals surface area (Å²) in [6, 6.07) is 14.5. The van der Waals surface area contributed by atoms with E-state index in [-0.39, 0.29) is 5.69 Å². The molecule has 1 amide bonds. The van der Waals surface area contributed by atoms with E-state index in [0.717, 1.165) is 0 Å². The topological polar surface area (TPSA) is 107 Å². The Balaban J connectivity index is 1.73. The Hall–Kier alpha value is -3.46. The van der Waals surface area contributed by atoms with Gasteiger partial charge in [0.05, 0.1) is 23.8 Å². The molecule has 0 aliphatic heterocycles. The van der Waals surface area contributed by atoms with E-state index < -0.39 is 10.8 Å². The summed E-state index contributed by atoms with van der Waals surface area (Å²) in [6.45, 7) is 0. The molecule has 1 heterocycles. The van der Waals surface area contributed by atoms with Crippen LogP contribution in [0.3, 0.4) is 0 Å². The number of hydrazone groups is 1. The van der Waals surface area contributed by atoms with Gasteiger partial charge in [0.15, 0.2) is 0 Å². The summed E-state index contributed by atoms with van der Waals surface area (Å²) < 4.78 is 11.3. The van der Waals surface area contributed by atoms with Gasteiger partial charge in [0.25, 0.3) is 11.6 Å². The number of carbonyl (C=O) groups excluding carboxylic acids is 1. The minimum Gasteiger partial charge on any atom is -0.497 e. The van der Waals surface area contributed by atoms with Gasteiger partial charge in [0.2, 0.25) is 0 Å². The van der Waals surface area contributed by atoms with Crippen LogP contribution in [0, 0.1) is 10.1 Å². The molecule has 0 saturated carbocycles. The molecule has 0 aliphatic carbocycles. The Bertz CT molecular complexity index is 1060. The fraction of sp³-hybridized carbons (Fsp3) is 0.0526. The van der Waals surface area contributed by atoms with Crippen LogP contribution in [0.2, 0.25) is 0 Å². The van der Waals surface area contributed by atoms with Crippen molar-refractivity contribution >= 4 is 33.7 Å². The average molecular weight is 444 g/mol. The van der Waals surface area contributed by atoms with Crippen LogP contribution in [0.4, 0.5) is 5.69 Å². The number of nitro groups is 1. The lowest BCUT2D eigenvalue weighted by Crippen LogP contribution is -2.17. The normalized spacial score (nSPS) is 10.8. The first-order chi connectivity index (χ1) is 13.5. The summed E-state index contributed by atoms with van der Waals surface area (Å²) in [7, 11) is 1.51. The monoisotopic (exact) mass is 443 g/mol. The first-order valence-corrected chi connectivity index (χ1v) is 8.79. The summed E-state index contributed by atoms with van der Waals surface area (Å²) in [4.78, 5) is 22.9. The average Bonchev–Trinajstić information content (AvgIpc) is 3.16. The second-order valence-electron chi connectivity index (χ2n) is 5.55. The fourth-order valence-corrected chi connectivity index (χ4v) is 2.76. The summed E-state index contributed by atoms with van der Waals surface area (Å²) >= 11 is 3.21. The number of amides is 1. The molecule has 3 aromatic rings. The number of nitrogens with one attached hydrogen (secondary N) is 1. The van der Waals surface area contributed by atoms with E-state index in [1.54, 1.807) is 48.5 Å². The number of halogens is 1.